The summed E-state index contributed by atoms with van der Waals surface area (Å²) < 4.78 is 24.7. The lowest BCUT2D eigenvalue weighted by atomic mass is 9.92. The van der Waals surface area contributed by atoms with Gasteiger partial charge >= 0.3 is 0 Å². The number of hydrogen-bond acceptors (Lipinski definition) is 5. The molecule has 1 saturated heterocycles. The lowest BCUT2D eigenvalue weighted by Crippen LogP contribution is -2.29. The molecule has 1 unspecified atom stereocenters. The number of carbonyl (C=O) groups is 2. The number of aryl methyl sites for hydroxylation is 1. The molecule has 0 bridgehead atoms. The number of ether oxygens (including phenoxy) is 2. The van der Waals surface area contributed by atoms with Crippen LogP contribution in [0.2, 0.25) is 0 Å². The van der Waals surface area contributed by atoms with Crippen LogP contribution in [0, 0.1) is 12.7 Å². The molecule has 1 fully saturated rings. The molecule has 0 radical (unpaired) electrons. The molecule has 2 aliphatic rings. The predicted molar refractivity (Wildman–Crippen MR) is 115 cm³/mol. The van der Waals surface area contributed by atoms with Gasteiger partial charge in [0.15, 0.2) is 11.5 Å². The van der Waals surface area contributed by atoms with Crippen LogP contribution in [-0.2, 0) is 9.59 Å². The van der Waals surface area contributed by atoms with Crippen LogP contribution in [0.5, 0.6) is 11.5 Å². The average molecular weight is 431 g/mol. The van der Waals surface area contributed by atoms with E-state index in [2.05, 4.69) is 0 Å². The van der Waals surface area contributed by atoms with Gasteiger partial charge in [-0.3, -0.25) is 14.5 Å². The Hall–Kier alpha value is -4.13. The Labute approximate surface area is 183 Å². The van der Waals surface area contributed by atoms with Crippen molar-refractivity contribution in [3.05, 3.63) is 94.8 Å². The van der Waals surface area contributed by atoms with Crippen molar-refractivity contribution in [3.63, 3.8) is 0 Å². The lowest BCUT2D eigenvalue weighted by Gasteiger charge is -2.26. The standard InChI is InChI=1S/C25H18FNO5/c1-14-5-2-3-8-18(14)22-21(23(28)15-9-10-19-20(11-15)32-13-31-19)24(29)25(30)27(22)17-7-4-6-16(26)12-17/h2-12,22,28H,13H2,1H3/b23-21+. The Balaban J connectivity index is 1.73. The second-order valence-corrected chi connectivity index (χ2v) is 7.57. The molecule has 1 atom stereocenters. The summed E-state index contributed by atoms with van der Waals surface area (Å²) in [6, 6.07) is 16.6. The van der Waals surface area contributed by atoms with Gasteiger partial charge in [-0.05, 0) is 54.4 Å². The third kappa shape index (κ3) is 3.10. The Kier molecular flexibility index (Phi) is 4.66. The minimum Gasteiger partial charge on any atom is -0.507 e. The fraction of sp³-hybridized carbons (Fsp3) is 0.120. The summed E-state index contributed by atoms with van der Waals surface area (Å²) >= 11 is 0. The van der Waals surface area contributed by atoms with Crippen molar-refractivity contribution in [1.82, 2.24) is 0 Å². The number of rotatable bonds is 3. The first-order chi connectivity index (χ1) is 15.5. The van der Waals surface area contributed by atoms with E-state index in [-0.39, 0.29) is 23.8 Å². The van der Waals surface area contributed by atoms with Gasteiger partial charge in [-0.1, -0.05) is 30.3 Å². The van der Waals surface area contributed by atoms with E-state index < -0.39 is 23.5 Å². The number of Topliss-reactive ketones (excluding diaryl/α,β-unsaturated/α-hetero) is 1. The summed E-state index contributed by atoms with van der Waals surface area (Å²) in [5.41, 5.74) is 1.93. The summed E-state index contributed by atoms with van der Waals surface area (Å²) in [6.07, 6.45) is 0. The Morgan fingerprint density at radius 3 is 2.56 bits per heavy atom. The van der Waals surface area contributed by atoms with E-state index in [0.29, 0.717) is 22.6 Å². The van der Waals surface area contributed by atoms with E-state index in [4.69, 9.17) is 9.47 Å². The Bertz CT molecular complexity index is 1300. The molecule has 160 valence electrons. The first-order valence-corrected chi connectivity index (χ1v) is 9.98. The van der Waals surface area contributed by atoms with Gasteiger partial charge in [-0.25, -0.2) is 4.39 Å². The number of fused-ring (bicyclic) bond motifs is 1. The molecule has 2 aliphatic heterocycles. The number of nitrogens with zero attached hydrogens (tertiary/aromatic N) is 1. The summed E-state index contributed by atoms with van der Waals surface area (Å²) in [6.45, 7) is 1.91. The number of halogens is 1. The average Bonchev–Trinajstić information content (AvgIpc) is 3.36. The summed E-state index contributed by atoms with van der Waals surface area (Å²) in [5.74, 6) is -1.61. The molecular weight excluding hydrogens is 413 g/mol. The third-order valence-corrected chi connectivity index (χ3v) is 5.66. The summed E-state index contributed by atoms with van der Waals surface area (Å²) in [7, 11) is 0. The molecular formula is C25H18FNO5. The molecule has 0 aliphatic carbocycles. The quantitative estimate of drug-likeness (QED) is 0.376. The van der Waals surface area contributed by atoms with E-state index in [1.165, 1.54) is 23.1 Å². The minimum atomic E-state index is -0.927. The second-order valence-electron chi connectivity index (χ2n) is 7.57. The monoisotopic (exact) mass is 431 g/mol. The van der Waals surface area contributed by atoms with Gasteiger partial charge in [0.05, 0.1) is 11.6 Å². The largest absolute Gasteiger partial charge is 0.507 e. The van der Waals surface area contributed by atoms with Crippen molar-refractivity contribution in [2.75, 3.05) is 11.7 Å². The molecule has 2 heterocycles. The number of carbonyl (C=O) groups excluding carboxylic acids is 2. The molecule has 1 amide bonds. The zero-order chi connectivity index (χ0) is 22.4. The lowest BCUT2D eigenvalue weighted by molar-refractivity contribution is -0.132. The van der Waals surface area contributed by atoms with Gasteiger partial charge in [-0.15, -0.1) is 0 Å². The summed E-state index contributed by atoms with van der Waals surface area (Å²) in [4.78, 5) is 27.5. The minimum absolute atomic E-state index is 0.0622. The van der Waals surface area contributed by atoms with Crippen LogP contribution in [0.1, 0.15) is 22.7 Å². The highest BCUT2D eigenvalue weighted by atomic mass is 19.1. The number of amides is 1. The van der Waals surface area contributed by atoms with Crippen LogP contribution >= 0.6 is 0 Å². The highest BCUT2D eigenvalue weighted by molar-refractivity contribution is 6.51. The number of ketones is 1. The molecule has 1 N–H and O–H groups in total. The highest BCUT2D eigenvalue weighted by Gasteiger charge is 2.47. The van der Waals surface area contributed by atoms with Gasteiger partial charge in [0.25, 0.3) is 11.7 Å². The van der Waals surface area contributed by atoms with Gasteiger partial charge in [0.1, 0.15) is 11.6 Å². The van der Waals surface area contributed by atoms with Crippen molar-refractivity contribution in [2.24, 2.45) is 0 Å². The van der Waals surface area contributed by atoms with E-state index in [9.17, 15) is 19.1 Å². The number of aliphatic hydroxyl groups is 1. The first-order valence-electron chi connectivity index (χ1n) is 9.98. The maximum Gasteiger partial charge on any atom is 0.300 e. The molecule has 32 heavy (non-hydrogen) atoms. The molecule has 3 aromatic carbocycles. The van der Waals surface area contributed by atoms with Crippen LogP contribution in [0.4, 0.5) is 10.1 Å². The SMILES string of the molecule is Cc1ccccc1C1/C(=C(\O)c2ccc3c(c2)OCO3)C(=O)C(=O)N1c1cccc(F)c1. The zero-order valence-corrected chi connectivity index (χ0v) is 17.0. The van der Waals surface area contributed by atoms with Crippen molar-refractivity contribution >= 4 is 23.1 Å². The zero-order valence-electron chi connectivity index (χ0n) is 17.0. The Morgan fingerprint density at radius 2 is 1.78 bits per heavy atom. The van der Waals surface area contributed by atoms with Crippen LogP contribution in [0.25, 0.3) is 5.76 Å². The van der Waals surface area contributed by atoms with Crippen LogP contribution in [-0.4, -0.2) is 23.6 Å². The predicted octanol–water partition coefficient (Wildman–Crippen LogP) is 4.49. The van der Waals surface area contributed by atoms with E-state index >= 15 is 0 Å². The highest BCUT2D eigenvalue weighted by Crippen LogP contribution is 2.44. The van der Waals surface area contributed by atoms with Crippen LogP contribution in [0.3, 0.4) is 0 Å². The Morgan fingerprint density at radius 1 is 1.00 bits per heavy atom. The topological polar surface area (TPSA) is 76.1 Å². The van der Waals surface area contributed by atoms with Gasteiger partial charge in [0.2, 0.25) is 6.79 Å². The maximum atomic E-state index is 14.0. The van der Waals surface area contributed by atoms with E-state index in [0.717, 1.165) is 5.56 Å². The van der Waals surface area contributed by atoms with E-state index in [1.54, 1.807) is 36.4 Å². The summed E-state index contributed by atoms with van der Waals surface area (Å²) in [5, 5.41) is 11.2. The molecule has 7 heteroatoms. The van der Waals surface area contributed by atoms with Crippen molar-refractivity contribution < 1.29 is 28.6 Å². The van der Waals surface area contributed by atoms with Gasteiger partial charge in [-0.2, -0.15) is 0 Å². The van der Waals surface area contributed by atoms with Crippen molar-refractivity contribution in [2.45, 2.75) is 13.0 Å². The molecule has 0 spiro atoms. The smallest absolute Gasteiger partial charge is 0.300 e. The van der Waals surface area contributed by atoms with E-state index in [1.807, 2.05) is 19.1 Å². The van der Waals surface area contributed by atoms with Crippen LogP contribution < -0.4 is 14.4 Å². The first kappa shape index (κ1) is 19.8. The van der Waals surface area contributed by atoms with Gasteiger partial charge < -0.3 is 14.6 Å². The second kappa shape index (κ2) is 7.53. The number of anilines is 1. The molecule has 5 rings (SSSR count). The molecule has 6 nitrogen and oxygen atoms in total. The maximum absolute atomic E-state index is 14.0. The fourth-order valence-corrected chi connectivity index (χ4v) is 4.11. The normalized spacial score (nSPS) is 18.9. The number of hydrogen-bond donors (Lipinski definition) is 1. The van der Waals surface area contributed by atoms with Crippen LogP contribution in [0.15, 0.2) is 72.3 Å². The molecule has 0 saturated carbocycles. The van der Waals surface area contributed by atoms with Gasteiger partial charge in [0, 0.05) is 11.3 Å². The number of benzene rings is 3. The third-order valence-electron chi connectivity index (χ3n) is 5.66. The number of aliphatic hydroxyl groups excluding tert-OH is 1. The molecule has 3 aromatic rings. The molecule has 0 aromatic heterocycles. The van der Waals surface area contributed by atoms with Crippen molar-refractivity contribution in [1.29, 1.82) is 0 Å². The fourth-order valence-electron chi connectivity index (χ4n) is 4.11. The van der Waals surface area contributed by atoms with Crippen molar-refractivity contribution in [3.8, 4) is 11.5 Å².